The molecule has 1 N–H and O–H groups in total. The molecule has 0 aliphatic carbocycles. The van der Waals surface area contributed by atoms with Crippen LogP contribution in [-0.4, -0.2) is 18.1 Å². The van der Waals surface area contributed by atoms with Crippen molar-refractivity contribution < 1.29 is 9.53 Å². The van der Waals surface area contributed by atoms with Crippen molar-refractivity contribution >= 4 is 28.5 Å². The average Bonchev–Trinajstić information content (AvgIpc) is 2.30. The Balaban J connectivity index is 2.80. The Kier molecular flexibility index (Phi) is 2.66. The van der Waals surface area contributed by atoms with Crippen LogP contribution in [0, 0.1) is 0 Å². The molecule has 0 saturated heterocycles. The molecule has 0 atom stereocenters. The molecule has 16 heavy (non-hydrogen) atoms. The highest BCUT2D eigenvalue weighted by Crippen LogP contribution is 2.24. The summed E-state index contributed by atoms with van der Waals surface area (Å²) < 4.78 is 4.58. The van der Waals surface area contributed by atoms with Gasteiger partial charge in [-0.2, -0.15) is 0 Å². The van der Waals surface area contributed by atoms with E-state index >= 15 is 0 Å². The standard InChI is InChI=1S/C11H8ClNO3/c1-16-11(15)7-3-2-6-8(14)4-5-13-10(6)9(7)12/h2-5H,1H3,(H,13,14). The Morgan fingerprint density at radius 1 is 1.38 bits per heavy atom. The quantitative estimate of drug-likeness (QED) is 0.772. The van der Waals surface area contributed by atoms with Gasteiger partial charge in [-0.3, -0.25) is 4.79 Å². The highest BCUT2D eigenvalue weighted by Gasteiger charge is 2.14. The molecule has 0 aliphatic heterocycles. The van der Waals surface area contributed by atoms with Gasteiger partial charge in [0.15, 0.2) is 5.43 Å². The first-order valence-electron chi connectivity index (χ1n) is 4.53. The molecular weight excluding hydrogens is 230 g/mol. The Morgan fingerprint density at radius 2 is 2.12 bits per heavy atom. The minimum absolute atomic E-state index is 0.146. The predicted molar refractivity (Wildman–Crippen MR) is 60.9 cm³/mol. The van der Waals surface area contributed by atoms with Crippen molar-refractivity contribution in [2.45, 2.75) is 0 Å². The Bertz CT molecular complexity index is 618. The van der Waals surface area contributed by atoms with Gasteiger partial charge in [0, 0.05) is 17.6 Å². The number of aromatic amines is 1. The van der Waals surface area contributed by atoms with Gasteiger partial charge in [0.1, 0.15) is 0 Å². The fraction of sp³-hybridized carbons (Fsp3) is 0.0909. The second-order valence-electron chi connectivity index (χ2n) is 3.18. The number of methoxy groups -OCH3 is 1. The van der Waals surface area contributed by atoms with E-state index < -0.39 is 5.97 Å². The van der Waals surface area contributed by atoms with Crippen molar-refractivity contribution in [3.8, 4) is 0 Å². The number of carbonyl (C=O) groups is 1. The number of fused-ring (bicyclic) bond motifs is 1. The van der Waals surface area contributed by atoms with Crippen LogP contribution in [0.4, 0.5) is 0 Å². The van der Waals surface area contributed by atoms with Crippen LogP contribution in [0.3, 0.4) is 0 Å². The van der Waals surface area contributed by atoms with E-state index in [0.29, 0.717) is 10.9 Å². The molecule has 5 heteroatoms. The summed E-state index contributed by atoms with van der Waals surface area (Å²) in [6.45, 7) is 0. The molecule has 4 nitrogen and oxygen atoms in total. The normalized spacial score (nSPS) is 10.4. The summed E-state index contributed by atoms with van der Waals surface area (Å²) in [5, 5.41) is 0.641. The Hall–Kier alpha value is -1.81. The molecular formula is C11H8ClNO3. The van der Waals surface area contributed by atoms with Crippen LogP contribution in [0.1, 0.15) is 10.4 Å². The molecule has 0 bridgehead atoms. The van der Waals surface area contributed by atoms with Crippen molar-refractivity contribution in [2.75, 3.05) is 7.11 Å². The van der Waals surface area contributed by atoms with Gasteiger partial charge in [0.25, 0.3) is 0 Å². The van der Waals surface area contributed by atoms with Gasteiger partial charge in [0.2, 0.25) is 0 Å². The van der Waals surface area contributed by atoms with Crippen molar-refractivity contribution in [3.63, 3.8) is 0 Å². The zero-order valence-electron chi connectivity index (χ0n) is 8.41. The van der Waals surface area contributed by atoms with E-state index in [-0.39, 0.29) is 16.0 Å². The van der Waals surface area contributed by atoms with Crippen LogP contribution in [0.2, 0.25) is 5.02 Å². The molecule has 1 aromatic carbocycles. The zero-order chi connectivity index (χ0) is 11.7. The summed E-state index contributed by atoms with van der Waals surface area (Å²) in [6, 6.07) is 4.43. The molecule has 2 aromatic rings. The maximum Gasteiger partial charge on any atom is 0.339 e. The lowest BCUT2D eigenvalue weighted by Gasteiger charge is -2.05. The van der Waals surface area contributed by atoms with Gasteiger partial charge in [-0.1, -0.05) is 11.6 Å². The summed E-state index contributed by atoms with van der Waals surface area (Å²) in [7, 11) is 1.27. The fourth-order valence-corrected chi connectivity index (χ4v) is 1.78. The minimum atomic E-state index is -0.531. The van der Waals surface area contributed by atoms with Gasteiger partial charge in [-0.15, -0.1) is 0 Å². The molecule has 0 unspecified atom stereocenters. The van der Waals surface area contributed by atoms with Crippen LogP contribution in [0.5, 0.6) is 0 Å². The monoisotopic (exact) mass is 237 g/mol. The number of halogens is 1. The number of ether oxygens (including phenoxy) is 1. The number of hydrogen-bond donors (Lipinski definition) is 1. The third-order valence-corrected chi connectivity index (χ3v) is 2.67. The van der Waals surface area contributed by atoms with Crippen molar-refractivity contribution in [1.82, 2.24) is 4.98 Å². The maximum absolute atomic E-state index is 11.5. The van der Waals surface area contributed by atoms with E-state index in [4.69, 9.17) is 11.6 Å². The molecule has 0 saturated carbocycles. The number of carbonyl (C=O) groups excluding carboxylic acids is 1. The summed E-state index contributed by atoms with van der Waals surface area (Å²) in [5.41, 5.74) is 0.530. The SMILES string of the molecule is COC(=O)c1ccc2c(=O)cc[nH]c2c1Cl. The lowest BCUT2D eigenvalue weighted by atomic mass is 10.1. The first-order valence-corrected chi connectivity index (χ1v) is 4.91. The molecule has 0 fully saturated rings. The smallest absolute Gasteiger partial charge is 0.339 e. The lowest BCUT2D eigenvalue weighted by Crippen LogP contribution is -2.06. The van der Waals surface area contributed by atoms with Crippen molar-refractivity contribution in [2.24, 2.45) is 0 Å². The van der Waals surface area contributed by atoms with Crippen LogP contribution < -0.4 is 5.43 Å². The second-order valence-corrected chi connectivity index (χ2v) is 3.56. The number of hydrogen-bond acceptors (Lipinski definition) is 3. The molecule has 0 aliphatic rings. The van der Waals surface area contributed by atoms with Gasteiger partial charge in [0.05, 0.1) is 23.2 Å². The topological polar surface area (TPSA) is 59.2 Å². The number of aromatic nitrogens is 1. The number of H-pyrrole nitrogens is 1. The van der Waals surface area contributed by atoms with Gasteiger partial charge < -0.3 is 9.72 Å². The summed E-state index contributed by atoms with van der Waals surface area (Å²) in [4.78, 5) is 25.7. The lowest BCUT2D eigenvalue weighted by molar-refractivity contribution is 0.0601. The van der Waals surface area contributed by atoms with Crippen LogP contribution in [-0.2, 0) is 4.74 Å². The van der Waals surface area contributed by atoms with Crippen LogP contribution in [0.15, 0.2) is 29.2 Å². The second kappa shape index (κ2) is 3.98. The summed E-state index contributed by atoms with van der Waals surface area (Å²) in [6.07, 6.45) is 1.48. The highest BCUT2D eigenvalue weighted by atomic mass is 35.5. The molecule has 1 heterocycles. The third kappa shape index (κ3) is 1.57. The number of pyridine rings is 1. The molecule has 1 aromatic heterocycles. The number of esters is 1. The number of benzene rings is 1. The van der Waals surface area contributed by atoms with Crippen molar-refractivity contribution in [1.29, 1.82) is 0 Å². The zero-order valence-corrected chi connectivity index (χ0v) is 9.17. The molecule has 82 valence electrons. The highest BCUT2D eigenvalue weighted by molar-refractivity contribution is 6.37. The maximum atomic E-state index is 11.5. The van der Waals surface area contributed by atoms with Gasteiger partial charge >= 0.3 is 5.97 Å². The van der Waals surface area contributed by atoms with Gasteiger partial charge in [-0.05, 0) is 12.1 Å². The largest absolute Gasteiger partial charge is 0.465 e. The van der Waals surface area contributed by atoms with E-state index in [9.17, 15) is 9.59 Å². The Labute approximate surface area is 95.8 Å². The predicted octanol–water partition coefficient (Wildman–Crippen LogP) is 1.97. The molecule has 2 rings (SSSR count). The Morgan fingerprint density at radius 3 is 2.81 bits per heavy atom. The van der Waals surface area contributed by atoms with Crippen LogP contribution in [0.25, 0.3) is 10.9 Å². The van der Waals surface area contributed by atoms with Gasteiger partial charge in [-0.25, -0.2) is 4.79 Å². The average molecular weight is 238 g/mol. The molecule has 0 amide bonds. The van der Waals surface area contributed by atoms with E-state index in [0.717, 1.165) is 0 Å². The van der Waals surface area contributed by atoms with Crippen LogP contribution >= 0.6 is 11.6 Å². The summed E-state index contributed by atoms with van der Waals surface area (Å²) >= 11 is 6.02. The summed E-state index contributed by atoms with van der Waals surface area (Å²) in [5.74, 6) is -0.531. The molecule has 0 radical (unpaired) electrons. The first kappa shape index (κ1) is 10.7. The number of rotatable bonds is 1. The first-order chi connectivity index (χ1) is 7.65. The molecule has 0 spiro atoms. The number of nitrogens with one attached hydrogen (secondary N) is 1. The fourth-order valence-electron chi connectivity index (χ4n) is 1.48. The van der Waals surface area contributed by atoms with E-state index in [1.54, 1.807) is 6.07 Å². The van der Waals surface area contributed by atoms with Crippen molar-refractivity contribution in [3.05, 3.63) is 45.2 Å². The van der Waals surface area contributed by atoms with E-state index in [1.807, 2.05) is 0 Å². The van der Waals surface area contributed by atoms with E-state index in [1.165, 1.54) is 25.4 Å². The minimum Gasteiger partial charge on any atom is -0.465 e. The van der Waals surface area contributed by atoms with E-state index in [2.05, 4.69) is 9.72 Å². The third-order valence-electron chi connectivity index (χ3n) is 2.28.